The van der Waals surface area contributed by atoms with Crippen molar-refractivity contribution >= 4 is 35.1 Å². The smallest absolute Gasteiger partial charge is 0.305 e. The Morgan fingerprint density at radius 2 is 1.96 bits per heavy atom. The molecule has 0 bridgehead atoms. The van der Waals surface area contributed by atoms with E-state index in [1.807, 2.05) is 0 Å². The molecule has 0 saturated carbocycles. The normalized spacial score (nSPS) is 15.4. The second-order valence-electron chi connectivity index (χ2n) is 5.49. The molecule has 126 valence electrons. The fraction of sp³-hybridized carbons (Fsp3) is 0.500. The van der Waals surface area contributed by atoms with Crippen LogP contribution in [0.25, 0.3) is 0 Å². The first-order valence-electron chi connectivity index (χ1n) is 7.50. The molecule has 1 aromatic rings. The third-order valence-electron chi connectivity index (χ3n) is 3.88. The molecule has 1 aliphatic heterocycles. The second-order valence-corrected chi connectivity index (χ2v) is 6.33. The van der Waals surface area contributed by atoms with E-state index in [0.29, 0.717) is 28.8 Å². The van der Waals surface area contributed by atoms with Gasteiger partial charge in [0.1, 0.15) is 0 Å². The fourth-order valence-corrected chi connectivity index (χ4v) is 3.13. The Labute approximate surface area is 145 Å². The number of hydrogen-bond acceptors (Lipinski definition) is 3. The number of carbonyl (C=O) groups is 2. The molecule has 1 saturated heterocycles. The number of amides is 1. The summed E-state index contributed by atoms with van der Waals surface area (Å²) in [4.78, 5) is 25.2. The Morgan fingerprint density at radius 3 is 2.57 bits per heavy atom. The van der Waals surface area contributed by atoms with Crippen molar-refractivity contribution in [2.45, 2.75) is 31.7 Å². The lowest BCUT2D eigenvalue weighted by Crippen LogP contribution is -2.45. The Kier molecular flexibility index (Phi) is 6.69. The number of aliphatic carboxylic acids is 1. The van der Waals surface area contributed by atoms with Gasteiger partial charge in [-0.05, 0) is 30.5 Å². The lowest BCUT2D eigenvalue weighted by Gasteiger charge is -2.34. The molecule has 0 aliphatic carbocycles. The summed E-state index contributed by atoms with van der Waals surface area (Å²) in [6.07, 6.45) is 1.50. The summed E-state index contributed by atoms with van der Waals surface area (Å²) in [6.45, 7) is 1.37. The molecule has 1 N–H and O–H groups in total. The zero-order valence-corrected chi connectivity index (χ0v) is 14.1. The van der Waals surface area contributed by atoms with Crippen molar-refractivity contribution in [2.24, 2.45) is 0 Å². The van der Waals surface area contributed by atoms with Crippen LogP contribution in [0.15, 0.2) is 18.2 Å². The summed E-state index contributed by atoms with van der Waals surface area (Å²) in [5.41, 5.74) is 0.688. The number of carboxylic acid groups (broad SMARTS) is 1. The average molecular weight is 360 g/mol. The lowest BCUT2D eigenvalue weighted by atomic mass is 10.0. The van der Waals surface area contributed by atoms with Gasteiger partial charge in [-0.15, -0.1) is 0 Å². The van der Waals surface area contributed by atoms with Gasteiger partial charge in [0, 0.05) is 35.8 Å². The molecule has 1 fully saturated rings. The molecule has 2 rings (SSSR count). The number of carboxylic acids is 1. The first-order valence-corrected chi connectivity index (χ1v) is 8.26. The molecule has 1 aliphatic rings. The SMILES string of the molecule is O=C(O)CCN(C(=O)Cc1ccc(Cl)cc1Cl)C1CCOCC1. The van der Waals surface area contributed by atoms with Crippen LogP contribution in [0.1, 0.15) is 24.8 Å². The Hall–Kier alpha value is -1.30. The molecule has 0 spiro atoms. The topological polar surface area (TPSA) is 66.8 Å². The van der Waals surface area contributed by atoms with Crippen LogP contribution in [-0.2, 0) is 20.7 Å². The van der Waals surface area contributed by atoms with Gasteiger partial charge in [-0.2, -0.15) is 0 Å². The second kappa shape index (κ2) is 8.52. The fourth-order valence-electron chi connectivity index (χ4n) is 2.65. The van der Waals surface area contributed by atoms with E-state index in [1.165, 1.54) is 0 Å². The van der Waals surface area contributed by atoms with Crippen LogP contribution in [-0.4, -0.2) is 47.7 Å². The highest BCUT2D eigenvalue weighted by Gasteiger charge is 2.26. The van der Waals surface area contributed by atoms with Gasteiger partial charge >= 0.3 is 5.97 Å². The van der Waals surface area contributed by atoms with Crippen LogP contribution >= 0.6 is 23.2 Å². The van der Waals surface area contributed by atoms with Crippen LogP contribution in [0.4, 0.5) is 0 Å². The van der Waals surface area contributed by atoms with Crippen molar-refractivity contribution in [1.29, 1.82) is 0 Å². The highest BCUT2D eigenvalue weighted by Crippen LogP contribution is 2.23. The van der Waals surface area contributed by atoms with Crippen LogP contribution in [0.3, 0.4) is 0 Å². The number of nitrogens with zero attached hydrogens (tertiary/aromatic N) is 1. The molecular weight excluding hydrogens is 341 g/mol. The number of benzene rings is 1. The van der Waals surface area contributed by atoms with Gasteiger partial charge in [0.15, 0.2) is 0 Å². The van der Waals surface area contributed by atoms with Gasteiger partial charge in [-0.3, -0.25) is 9.59 Å². The van der Waals surface area contributed by atoms with Crippen LogP contribution < -0.4 is 0 Å². The summed E-state index contributed by atoms with van der Waals surface area (Å²) in [5, 5.41) is 9.86. The third kappa shape index (κ3) is 5.37. The van der Waals surface area contributed by atoms with Crippen LogP contribution in [0.2, 0.25) is 10.0 Å². The van der Waals surface area contributed by atoms with Gasteiger partial charge in [0.25, 0.3) is 0 Å². The highest BCUT2D eigenvalue weighted by atomic mass is 35.5. The highest BCUT2D eigenvalue weighted by molar-refractivity contribution is 6.35. The minimum Gasteiger partial charge on any atom is -0.481 e. The number of rotatable bonds is 6. The van der Waals surface area contributed by atoms with E-state index < -0.39 is 5.97 Å². The van der Waals surface area contributed by atoms with E-state index in [0.717, 1.165) is 12.8 Å². The first kappa shape index (κ1) is 18.0. The van der Waals surface area contributed by atoms with E-state index >= 15 is 0 Å². The molecular formula is C16H19Cl2NO4. The van der Waals surface area contributed by atoms with Crippen molar-refractivity contribution in [3.8, 4) is 0 Å². The molecule has 0 atom stereocenters. The van der Waals surface area contributed by atoms with Gasteiger partial charge < -0.3 is 14.7 Å². The summed E-state index contributed by atoms with van der Waals surface area (Å²) in [7, 11) is 0. The van der Waals surface area contributed by atoms with E-state index in [4.69, 9.17) is 33.0 Å². The van der Waals surface area contributed by atoms with E-state index in [9.17, 15) is 9.59 Å². The first-order chi connectivity index (χ1) is 11.0. The number of ether oxygens (including phenoxy) is 1. The predicted molar refractivity (Wildman–Crippen MR) is 88.0 cm³/mol. The van der Waals surface area contributed by atoms with Crippen molar-refractivity contribution in [3.63, 3.8) is 0 Å². The molecule has 0 unspecified atom stereocenters. The zero-order valence-electron chi connectivity index (χ0n) is 12.6. The molecule has 1 aromatic carbocycles. The quantitative estimate of drug-likeness (QED) is 0.847. The van der Waals surface area contributed by atoms with Crippen molar-refractivity contribution in [3.05, 3.63) is 33.8 Å². The van der Waals surface area contributed by atoms with Gasteiger partial charge in [-0.1, -0.05) is 29.3 Å². The monoisotopic (exact) mass is 359 g/mol. The van der Waals surface area contributed by atoms with Crippen molar-refractivity contribution in [2.75, 3.05) is 19.8 Å². The van der Waals surface area contributed by atoms with E-state index in [2.05, 4.69) is 0 Å². The maximum atomic E-state index is 12.7. The lowest BCUT2D eigenvalue weighted by molar-refractivity contribution is -0.140. The average Bonchev–Trinajstić information content (AvgIpc) is 2.51. The summed E-state index contributed by atoms with van der Waals surface area (Å²) < 4.78 is 5.32. The van der Waals surface area contributed by atoms with Gasteiger partial charge in [0.2, 0.25) is 5.91 Å². The Morgan fingerprint density at radius 1 is 1.26 bits per heavy atom. The predicted octanol–water partition coefficient (Wildman–Crippen LogP) is 3.02. The van der Waals surface area contributed by atoms with Gasteiger partial charge in [-0.25, -0.2) is 0 Å². The minimum atomic E-state index is -0.917. The molecule has 7 heteroatoms. The zero-order chi connectivity index (χ0) is 16.8. The molecule has 0 aromatic heterocycles. The van der Waals surface area contributed by atoms with Crippen molar-refractivity contribution in [1.82, 2.24) is 4.90 Å². The number of hydrogen-bond donors (Lipinski definition) is 1. The summed E-state index contributed by atoms with van der Waals surface area (Å²) in [6, 6.07) is 5.03. The maximum absolute atomic E-state index is 12.7. The Balaban J connectivity index is 2.09. The summed E-state index contributed by atoms with van der Waals surface area (Å²) >= 11 is 12.0. The molecule has 5 nitrogen and oxygen atoms in total. The molecule has 0 radical (unpaired) electrons. The van der Waals surface area contributed by atoms with Gasteiger partial charge in [0.05, 0.1) is 12.8 Å². The van der Waals surface area contributed by atoms with E-state index in [1.54, 1.807) is 23.1 Å². The molecule has 23 heavy (non-hydrogen) atoms. The van der Waals surface area contributed by atoms with Crippen molar-refractivity contribution < 1.29 is 19.4 Å². The third-order valence-corrected chi connectivity index (χ3v) is 4.46. The van der Waals surface area contributed by atoms with Crippen LogP contribution in [0.5, 0.6) is 0 Å². The summed E-state index contributed by atoms with van der Waals surface area (Å²) in [5.74, 6) is -1.04. The van der Waals surface area contributed by atoms with E-state index in [-0.39, 0.29) is 31.3 Å². The number of halogens is 2. The standard InChI is InChI=1S/C16H19Cl2NO4/c17-12-2-1-11(14(18)10-12)9-15(20)19(6-3-16(21)22)13-4-7-23-8-5-13/h1-2,10,13H,3-9H2,(H,21,22). The number of carbonyl (C=O) groups excluding carboxylic acids is 1. The van der Waals surface area contributed by atoms with Crippen LogP contribution in [0, 0.1) is 0 Å². The largest absolute Gasteiger partial charge is 0.481 e. The molecule has 1 heterocycles. The minimum absolute atomic E-state index is 0.0154. The molecule has 1 amide bonds. The Bertz CT molecular complexity index is 573. The maximum Gasteiger partial charge on any atom is 0.305 e.